The maximum absolute atomic E-state index is 8.92. The molecule has 0 saturated heterocycles. The van der Waals surface area contributed by atoms with Gasteiger partial charge in [-0.2, -0.15) is 17.0 Å². The fourth-order valence-corrected chi connectivity index (χ4v) is 2.48. The van der Waals surface area contributed by atoms with Crippen molar-refractivity contribution in [2.24, 2.45) is 0 Å². The molecule has 1 aromatic rings. The Morgan fingerprint density at radius 1 is 1.50 bits per heavy atom. The molecule has 0 aromatic heterocycles. The molecule has 1 unspecified atom stereocenters. The molecule has 98 valence electrons. The number of rotatable bonds is 7. The van der Waals surface area contributed by atoms with E-state index in [1.54, 1.807) is 7.11 Å². The summed E-state index contributed by atoms with van der Waals surface area (Å²) in [6.07, 6.45) is 3.24. The van der Waals surface area contributed by atoms with E-state index in [1.807, 2.05) is 30.0 Å². The third kappa shape index (κ3) is 4.25. The molecule has 0 radical (unpaired) electrons. The van der Waals surface area contributed by atoms with Gasteiger partial charge in [0.05, 0.1) is 12.7 Å². The molecule has 3 nitrogen and oxygen atoms in total. The Morgan fingerprint density at radius 3 is 2.83 bits per heavy atom. The first-order chi connectivity index (χ1) is 8.74. The highest BCUT2D eigenvalue weighted by Gasteiger charge is 2.07. The van der Waals surface area contributed by atoms with E-state index in [0.717, 1.165) is 24.3 Å². The highest BCUT2D eigenvalue weighted by Crippen LogP contribution is 2.19. The van der Waals surface area contributed by atoms with Crippen LogP contribution in [0.1, 0.15) is 24.5 Å². The van der Waals surface area contributed by atoms with E-state index in [-0.39, 0.29) is 0 Å². The monoisotopic (exact) mass is 264 g/mol. The van der Waals surface area contributed by atoms with Gasteiger partial charge in [-0.05, 0) is 30.4 Å². The summed E-state index contributed by atoms with van der Waals surface area (Å²) in [6.45, 7) is 2.99. The number of nitrogens with zero attached hydrogens (tertiary/aromatic N) is 1. The van der Waals surface area contributed by atoms with E-state index < -0.39 is 0 Å². The summed E-state index contributed by atoms with van der Waals surface area (Å²) >= 11 is 1.85. The van der Waals surface area contributed by atoms with Crippen molar-refractivity contribution >= 4 is 11.8 Å². The summed E-state index contributed by atoms with van der Waals surface area (Å²) in [5.41, 5.74) is 1.72. The minimum absolute atomic E-state index is 0.529. The molecule has 1 atom stereocenters. The first kappa shape index (κ1) is 14.9. The summed E-state index contributed by atoms with van der Waals surface area (Å²) < 4.78 is 5.20. The molecule has 0 saturated carbocycles. The smallest absolute Gasteiger partial charge is 0.136 e. The van der Waals surface area contributed by atoms with Crippen LogP contribution in [0.2, 0.25) is 0 Å². The molecule has 1 rings (SSSR count). The third-order valence-electron chi connectivity index (χ3n) is 2.84. The average Bonchev–Trinajstić information content (AvgIpc) is 2.42. The minimum Gasteiger partial charge on any atom is -0.495 e. The zero-order valence-electron chi connectivity index (χ0n) is 11.2. The first-order valence-electron chi connectivity index (χ1n) is 6.04. The number of ether oxygens (including phenoxy) is 1. The van der Waals surface area contributed by atoms with Crippen LogP contribution in [0.25, 0.3) is 0 Å². The van der Waals surface area contributed by atoms with Gasteiger partial charge in [0.2, 0.25) is 0 Å². The van der Waals surface area contributed by atoms with Crippen molar-refractivity contribution in [1.29, 1.82) is 5.26 Å². The van der Waals surface area contributed by atoms with Crippen LogP contribution in [0, 0.1) is 11.3 Å². The van der Waals surface area contributed by atoms with E-state index in [1.165, 1.54) is 0 Å². The largest absolute Gasteiger partial charge is 0.495 e. The van der Waals surface area contributed by atoms with Gasteiger partial charge in [-0.3, -0.25) is 0 Å². The lowest BCUT2D eigenvalue weighted by molar-refractivity contribution is 0.412. The van der Waals surface area contributed by atoms with Gasteiger partial charge in [-0.1, -0.05) is 13.0 Å². The zero-order valence-corrected chi connectivity index (χ0v) is 12.0. The fourth-order valence-electron chi connectivity index (χ4n) is 1.72. The van der Waals surface area contributed by atoms with Crippen LogP contribution in [0.3, 0.4) is 0 Å². The van der Waals surface area contributed by atoms with Gasteiger partial charge in [0.1, 0.15) is 11.8 Å². The lowest BCUT2D eigenvalue weighted by Crippen LogP contribution is -2.30. The van der Waals surface area contributed by atoms with Crippen LogP contribution in [0.15, 0.2) is 18.2 Å². The Kier molecular flexibility index (Phi) is 6.63. The Morgan fingerprint density at radius 2 is 2.28 bits per heavy atom. The van der Waals surface area contributed by atoms with Gasteiger partial charge in [0.15, 0.2) is 0 Å². The minimum atomic E-state index is 0.529. The van der Waals surface area contributed by atoms with Gasteiger partial charge < -0.3 is 10.1 Å². The third-order valence-corrected chi connectivity index (χ3v) is 3.58. The molecule has 0 spiro atoms. The average molecular weight is 264 g/mol. The molecule has 4 heteroatoms. The summed E-state index contributed by atoms with van der Waals surface area (Å²) in [7, 11) is 1.59. The summed E-state index contributed by atoms with van der Waals surface area (Å²) in [5, 5.41) is 12.4. The number of hydrogen-bond donors (Lipinski definition) is 1. The predicted octanol–water partition coefficient (Wildman–Crippen LogP) is 2.80. The molecule has 1 aromatic carbocycles. The molecule has 0 fully saturated rings. The molecule has 0 aliphatic rings. The maximum atomic E-state index is 8.92. The van der Waals surface area contributed by atoms with Crippen LogP contribution >= 0.6 is 11.8 Å². The number of benzene rings is 1. The Bertz CT molecular complexity index is 415. The lowest BCUT2D eigenvalue weighted by atomic mass is 10.1. The molecule has 0 bridgehead atoms. The number of thioether (sulfide) groups is 1. The predicted molar refractivity (Wildman–Crippen MR) is 77.0 cm³/mol. The quantitative estimate of drug-likeness (QED) is 0.822. The van der Waals surface area contributed by atoms with Crippen molar-refractivity contribution in [2.45, 2.75) is 25.9 Å². The second kappa shape index (κ2) is 8.02. The molecule has 0 heterocycles. The summed E-state index contributed by atoms with van der Waals surface area (Å²) in [6, 6.07) is 8.36. The van der Waals surface area contributed by atoms with Crippen LogP contribution in [0.5, 0.6) is 5.75 Å². The van der Waals surface area contributed by atoms with E-state index in [0.29, 0.717) is 17.4 Å². The van der Waals surface area contributed by atoms with Gasteiger partial charge in [0.25, 0.3) is 0 Å². The molecular formula is C14H20N2OS. The number of methoxy groups -OCH3 is 1. The zero-order chi connectivity index (χ0) is 13.4. The highest BCUT2D eigenvalue weighted by molar-refractivity contribution is 7.98. The number of hydrogen-bond acceptors (Lipinski definition) is 4. The summed E-state index contributed by atoms with van der Waals surface area (Å²) in [4.78, 5) is 0. The van der Waals surface area contributed by atoms with Gasteiger partial charge in [-0.25, -0.2) is 0 Å². The molecular weight excluding hydrogens is 244 g/mol. The van der Waals surface area contributed by atoms with Gasteiger partial charge in [0, 0.05) is 18.3 Å². The molecule has 18 heavy (non-hydrogen) atoms. The van der Waals surface area contributed by atoms with Crippen molar-refractivity contribution in [2.75, 3.05) is 19.1 Å². The van der Waals surface area contributed by atoms with Crippen LogP contribution in [0.4, 0.5) is 0 Å². The number of nitriles is 1. The van der Waals surface area contributed by atoms with Crippen LogP contribution < -0.4 is 10.1 Å². The van der Waals surface area contributed by atoms with Crippen LogP contribution in [-0.2, 0) is 6.54 Å². The fraction of sp³-hybridized carbons (Fsp3) is 0.500. The normalized spacial score (nSPS) is 11.9. The van der Waals surface area contributed by atoms with Crippen molar-refractivity contribution in [1.82, 2.24) is 5.32 Å². The van der Waals surface area contributed by atoms with Crippen molar-refractivity contribution in [3.63, 3.8) is 0 Å². The SMILES string of the molecule is CCC(CSC)NCc1ccc(C#N)c(OC)c1. The van der Waals surface area contributed by atoms with E-state index >= 15 is 0 Å². The Balaban J connectivity index is 2.65. The molecule has 0 amide bonds. The maximum Gasteiger partial charge on any atom is 0.136 e. The second-order valence-electron chi connectivity index (χ2n) is 4.09. The number of nitrogens with one attached hydrogen (secondary N) is 1. The van der Waals surface area contributed by atoms with E-state index in [2.05, 4.69) is 24.6 Å². The van der Waals surface area contributed by atoms with Crippen molar-refractivity contribution in [3.8, 4) is 11.8 Å². The van der Waals surface area contributed by atoms with Gasteiger partial charge >= 0.3 is 0 Å². The molecule has 1 N–H and O–H groups in total. The summed E-state index contributed by atoms with van der Waals surface area (Å²) in [5.74, 6) is 1.76. The van der Waals surface area contributed by atoms with E-state index in [4.69, 9.17) is 10.00 Å². The topological polar surface area (TPSA) is 45.0 Å². The highest BCUT2D eigenvalue weighted by atomic mass is 32.2. The Labute approximate surface area is 114 Å². The molecule has 0 aliphatic heterocycles. The van der Waals surface area contributed by atoms with Crippen LogP contribution in [-0.4, -0.2) is 25.2 Å². The Hall–Kier alpha value is -1.18. The standard InChI is InChI=1S/C14H20N2OS/c1-4-13(10-18-3)16-9-11-5-6-12(8-15)14(7-11)17-2/h5-7,13,16H,4,9-10H2,1-3H3. The van der Waals surface area contributed by atoms with E-state index in [9.17, 15) is 0 Å². The van der Waals surface area contributed by atoms with Crippen molar-refractivity contribution < 1.29 is 4.74 Å². The molecule has 0 aliphatic carbocycles. The second-order valence-corrected chi connectivity index (χ2v) is 5.00. The lowest BCUT2D eigenvalue weighted by Gasteiger charge is -2.16. The van der Waals surface area contributed by atoms with Crippen molar-refractivity contribution in [3.05, 3.63) is 29.3 Å². The van der Waals surface area contributed by atoms with Gasteiger partial charge in [-0.15, -0.1) is 0 Å². The first-order valence-corrected chi connectivity index (χ1v) is 7.43.